The number of aromatic nitrogens is 1. The van der Waals surface area contributed by atoms with Gasteiger partial charge in [0.05, 0.1) is 11.0 Å². The van der Waals surface area contributed by atoms with Gasteiger partial charge in [-0.3, -0.25) is 0 Å². The Morgan fingerprint density at radius 3 is 1.36 bits per heavy atom. The summed E-state index contributed by atoms with van der Waals surface area (Å²) in [6.07, 6.45) is 6.03. The molecule has 10 rings (SSSR count). The van der Waals surface area contributed by atoms with Crippen molar-refractivity contribution in [3.05, 3.63) is 199 Å². The van der Waals surface area contributed by atoms with E-state index in [0.717, 1.165) is 22.7 Å². The van der Waals surface area contributed by atoms with Crippen molar-refractivity contribution >= 4 is 44.4 Å². The van der Waals surface area contributed by atoms with Crippen LogP contribution in [-0.4, -0.2) is 4.57 Å². The van der Waals surface area contributed by atoms with E-state index < -0.39 is 0 Å². The number of fused-ring (bicyclic) bond motifs is 4. The van der Waals surface area contributed by atoms with Crippen LogP contribution >= 0.6 is 0 Å². The van der Waals surface area contributed by atoms with E-state index in [0.29, 0.717) is 5.92 Å². The van der Waals surface area contributed by atoms with E-state index in [9.17, 15) is 0 Å². The zero-order valence-corrected chi connectivity index (χ0v) is 27.6. The van der Waals surface area contributed by atoms with Gasteiger partial charge in [-0.05, 0) is 100 Å². The van der Waals surface area contributed by atoms with Crippen molar-refractivity contribution in [1.82, 2.24) is 4.57 Å². The molecule has 0 aliphatic heterocycles. The third-order valence-corrected chi connectivity index (χ3v) is 10.3. The van der Waals surface area contributed by atoms with Crippen LogP contribution < -0.4 is 4.90 Å². The van der Waals surface area contributed by atoms with Gasteiger partial charge in [0.2, 0.25) is 0 Å². The maximum Gasteiger partial charge on any atom is 0.0541 e. The van der Waals surface area contributed by atoms with Crippen LogP contribution in [0.15, 0.2) is 194 Å². The van der Waals surface area contributed by atoms with Crippen LogP contribution in [-0.2, 0) is 0 Å². The van der Waals surface area contributed by atoms with Crippen LogP contribution in [0.3, 0.4) is 0 Å². The first-order valence-corrected chi connectivity index (χ1v) is 17.4. The fourth-order valence-electron chi connectivity index (χ4n) is 7.66. The number of para-hydroxylation sites is 2. The third-order valence-electron chi connectivity index (χ3n) is 10.3. The Balaban J connectivity index is 0.983. The summed E-state index contributed by atoms with van der Waals surface area (Å²) in [5.74, 6) is 0.688. The summed E-state index contributed by atoms with van der Waals surface area (Å²) in [4.78, 5) is 2.35. The number of hydrogen-bond acceptors (Lipinski definition) is 1. The molecule has 1 atom stereocenters. The first-order valence-electron chi connectivity index (χ1n) is 17.4. The predicted molar refractivity (Wildman–Crippen MR) is 211 cm³/mol. The molecule has 0 N–H and O–H groups in total. The molecular formula is C48H34N2. The summed E-state index contributed by atoms with van der Waals surface area (Å²) in [7, 11) is 0. The van der Waals surface area contributed by atoms with Gasteiger partial charge in [-0.15, -0.1) is 0 Å². The molecule has 50 heavy (non-hydrogen) atoms. The summed E-state index contributed by atoms with van der Waals surface area (Å²) >= 11 is 0. The summed E-state index contributed by atoms with van der Waals surface area (Å²) in [6, 6.07) is 63.8. The van der Waals surface area contributed by atoms with Gasteiger partial charge in [-0.1, -0.05) is 133 Å². The van der Waals surface area contributed by atoms with Crippen LogP contribution in [0.4, 0.5) is 17.1 Å². The van der Waals surface area contributed by atoms with Crippen LogP contribution in [0.25, 0.3) is 55.3 Å². The van der Waals surface area contributed by atoms with Crippen LogP contribution in [0.2, 0.25) is 0 Å². The smallest absolute Gasteiger partial charge is 0.0541 e. The normalized spacial score (nSPS) is 14.8. The molecule has 0 radical (unpaired) electrons. The lowest BCUT2D eigenvalue weighted by molar-refractivity contribution is 1.17. The molecule has 1 saturated carbocycles. The minimum Gasteiger partial charge on any atom is -0.311 e. The molecule has 1 fully saturated rings. The topological polar surface area (TPSA) is 8.17 Å². The van der Waals surface area contributed by atoms with Gasteiger partial charge in [0, 0.05) is 39.4 Å². The molecule has 0 saturated heterocycles. The maximum absolute atomic E-state index is 2.42. The van der Waals surface area contributed by atoms with Gasteiger partial charge in [0.25, 0.3) is 0 Å². The lowest BCUT2D eigenvalue weighted by atomic mass is 10.0. The molecule has 1 unspecified atom stereocenters. The van der Waals surface area contributed by atoms with E-state index in [4.69, 9.17) is 0 Å². The Bertz CT molecular complexity index is 2520. The number of hydrogen-bond donors (Lipinski definition) is 0. The second kappa shape index (κ2) is 11.6. The highest BCUT2D eigenvalue weighted by atomic mass is 15.1. The Morgan fingerprint density at radius 1 is 0.420 bits per heavy atom. The number of rotatable bonds is 7. The molecule has 2 heteroatoms. The molecule has 2 aliphatic carbocycles. The van der Waals surface area contributed by atoms with Crippen LogP contribution in [0.5, 0.6) is 0 Å². The zero-order valence-electron chi connectivity index (χ0n) is 27.6. The lowest BCUT2D eigenvalue weighted by Gasteiger charge is -2.26. The largest absolute Gasteiger partial charge is 0.311 e. The zero-order chi connectivity index (χ0) is 33.0. The predicted octanol–water partition coefficient (Wildman–Crippen LogP) is 12.9. The Hall–Kier alpha value is -6.38. The first-order chi connectivity index (χ1) is 24.8. The van der Waals surface area contributed by atoms with Crippen LogP contribution in [0.1, 0.15) is 12.0 Å². The van der Waals surface area contributed by atoms with Crippen molar-refractivity contribution in [2.45, 2.75) is 6.42 Å². The number of nitrogens with zero attached hydrogens (tertiary/aromatic N) is 2. The molecule has 8 aromatic rings. The standard InChI is InChI=1S/C48H34N2/c1-2-8-33(9-3-1)34-14-22-41(23-15-34)49(43-26-20-37(21-27-43)38-30-39-32-40(39)31-38)42-24-16-35(17-25-42)36-18-28-44(29-19-36)50-47-12-6-4-10-45(47)46-11-5-7-13-48(46)50/h1-31,39H,32H2. The molecule has 236 valence electrons. The molecule has 7 aromatic carbocycles. The van der Waals surface area contributed by atoms with E-state index in [1.807, 2.05) is 0 Å². The van der Waals surface area contributed by atoms with Gasteiger partial charge in [-0.25, -0.2) is 0 Å². The van der Waals surface area contributed by atoms with Gasteiger partial charge in [0.15, 0.2) is 0 Å². The van der Waals surface area contributed by atoms with Crippen molar-refractivity contribution in [3.8, 4) is 27.9 Å². The SMILES string of the molecule is C1=C(c2ccc(N(c3ccc(-c4ccccc4)cc3)c3ccc(-c4ccc(-n5c6ccccc6c6ccccc65)cc4)cc3)cc2)C=C2CC12. The lowest BCUT2D eigenvalue weighted by Crippen LogP contribution is -2.09. The molecule has 1 aromatic heterocycles. The summed E-state index contributed by atoms with van der Waals surface area (Å²) in [6.45, 7) is 0. The molecular weight excluding hydrogens is 605 g/mol. The van der Waals surface area contributed by atoms with Gasteiger partial charge < -0.3 is 9.47 Å². The molecule has 0 spiro atoms. The van der Waals surface area contributed by atoms with Gasteiger partial charge >= 0.3 is 0 Å². The van der Waals surface area contributed by atoms with Gasteiger partial charge in [-0.2, -0.15) is 0 Å². The third kappa shape index (κ3) is 4.96. The van der Waals surface area contributed by atoms with E-state index in [-0.39, 0.29) is 0 Å². The van der Waals surface area contributed by atoms with E-state index in [1.165, 1.54) is 61.6 Å². The fourth-order valence-corrected chi connectivity index (χ4v) is 7.66. The van der Waals surface area contributed by atoms with E-state index in [1.54, 1.807) is 5.57 Å². The number of anilines is 3. The molecule has 2 nitrogen and oxygen atoms in total. The second-order valence-electron chi connectivity index (χ2n) is 13.4. The summed E-state index contributed by atoms with van der Waals surface area (Å²) in [5.41, 5.74) is 16.0. The minimum absolute atomic E-state index is 0.688. The number of benzene rings is 7. The minimum atomic E-state index is 0.688. The quantitative estimate of drug-likeness (QED) is 0.169. The van der Waals surface area contributed by atoms with Crippen LogP contribution in [0, 0.1) is 5.92 Å². The van der Waals surface area contributed by atoms with Crippen molar-refractivity contribution < 1.29 is 0 Å². The Kier molecular flexibility index (Phi) is 6.67. The maximum atomic E-state index is 2.42. The highest BCUT2D eigenvalue weighted by Gasteiger charge is 2.32. The highest BCUT2D eigenvalue weighted by Crippen LogP contribution is 2.48. The Labute approximate surface area is 292 Å². The van der Waals surface area contributed by atoms with E-state index >= 15 is 0 Å². The Morgan fingerprint density at radius 2 is 0.860 bits per heavy atom. The monoisotopic (exact) mass is 638 g/mol. The second-order valence-corrected chi connectivity index (χ2v) is 13.4. The van der Waals surface area contributed by atoms with Crippen molar-refractivity contribution in [2.24, 2.45) is 5.92 Å². The first kappa shape index (κ1) is 28.6. The molecule has 0 bridgehead atoms. The molecule has 2 aliphatic rings. The molecule has 1 heterocycles. The average Bonchev–Trinajstić information content (AvgIpc) is 3.65. The van der Waals surface area contributed by atoms with Crippen molar-refractivity contribution in [3.63, 3.8) is 0 Å². The summed E-state index contributed by atoms with van der Waals surface area (Å²) in [5, 5.41) is 2.56. The molecule has 0 amide bonds. The highest BCUT2D eigenvalue weighted by molar-refractivity contribution is 6.09. The van der Waals surface area contributed by atoms with Gasteiger partial charge in [0.1, 0.15) is 0 Å². The summed E-state index contributed by atoms with van der Waals surface area (Å²) < 4.78 is 2.37. The van der Waals surface area contributed by atoms with Crippen molar-refractivity contribution in [2.75, 3.05) is 4.90 Å². The average molecular weight is 639 g/mol. The fraction of sp³-hybridized carbons (Fsp3) is 0.0417. The number of allylic oxidation sites excluding steroid dienone is 4. The van der Waals surface area contributed by atoms with E-state index in [2.05, 4.69) is 198 Å². The van der Waals surface area contributed by atoms with Crippen molar-refractivity contribution in [1.29, 1.82) is 0 Å².